The van der Waals surface area contributed by atoms with E-state index in [1.807, 2.05) is 60.7 Å². The summed E-state index contributed by atoms with van der Waals surface area (Å²) in [7, 11) is 0. The van der Waals surface area contributed by atoms with Crippen molar-refractivity contribution in [2.45, 2.75) is 13.2 Å². The van der Waals surface area contributed by atoms with Gasteiger partial charge in [-0.15, -0.1) is 0 Å². The highest BCUT2D eigenvalue weighted by Gasteiger charge is 2.15. The molecular weight excluding hydrogens is 356 g/mol. The Morgan fingerprint density at radius 3 is 2.18 bits per heavy atom. The molecule has 3 aromatic carbocycles. The molecule has 0 unspecified atom stereocenters. The molecule has 0 saturated heterocycles. The molecule has 6 nitrogen and oxygen atoms in total. The summed E-state index contributed by atoms with van der Waals surface area (Å²) in [5.41, 5.74) is 2.19. The highest BCUT2D eigenvalue weighted by atomic mass is 16.5. The number of carbonyl (C=O) groups excluding carboxylic acids is 2. The van der Waals surface area contributed by atoms with Crippen LogP contribution in [0.5, 0.6) is 5.75 Å². The summed E-state index contributed by atoms with van der Waals surface area (Å²) in [6.45, 7) is 0.438. The molecule has 3 aromatic rings. The summed E-state index contributed by atoms with van der Waals surface area (Å²) in [5.74, 6) is -0.494. The molecule has 0 atom stereocenters. The monoisotopic (exact) mass is 376 g/mol. The van der Waals surface area contributed by atoms with E-state index in [2.05, 4.69) is 10.6 Å². The Hall–Kier alpha value is -3.80. The first-order chi connectivity index (χ1) is 13.6. The third kappa shape index (κ3) is 5.35. The summed E-state index contributed by atoms with van der Waals surface area (Å²) in [4.78, 5) is 24.6. The fourth-order valence-electron chi connectivity index (χ4n) is 2.57. The lowest BCUT2D eigenvalue weighted by atomic mass is 10.1. The average molecular weight is 376 g/mol. The summed E-state index contributed by atoms with van der Waals surface area (Å²) in [6.07, 6.45) is -0.688. The first-order valence-corrected chi connectivity index (χ1v) is 8.74. The number of benzene rings is 3. The second-order valence-corrected chi connectivity index (χ2v) is 6.08. The van der Waals surface area contributed by atoms with E-state index in [1.54, 1.807) is 0 Å². The number of nitrogens with one attached hydrogen (secondary N) is 2. The molecule has 0 bridgehead atoms. The largest absolute Gasteiger partial charge is 0.508 e. The predicted molar refractivity (Wildman–Crippen MR) is 106 cm³/mol. The Bertz CT molecular complexity index is 943. The molecular formula is C22H20N2O4. The zero-order valence-electron chi connectivity index (χ0n) is 15.1. The predicted octanol–water partition coefficient (Wildman–Crippen LogP) is 4.07. The Balaban J connectivity index is 1.64. The molecule has 0 saturated carbocycles. The Labute approximate surface area is 162 Å². The molecule has 3 rings (SSSR count). The van der Waals surface area contributed by atoms with Crippen LogP contribution in [0.4, 0.5) is 10.5 Å². The van der Waals surface area contributed by atoms with Crippen molar-refractivity contribution in [3.05, 3.63) is 95.6 Å². The number of rotatable bonds is 6. The standard InChI is InChI=1S/C22H20N2O4/c25-18-11-12-20(24-22(27)28-15-17-9-5-2-6-10-17)19(13-18)21(26)23-14-16-7-3-1-4-8-16/h1-13,25H,14-15H2,(H,23,26)(H,24,27). The van der Waals surface area contributed by atoms with Gasteiger partial charge in [-0.2, -0.15) is 0 Å². The quantitative estimate of drug-likeness (QED) is 0.566. The lowest BCUT2D eigenvalue weighted by Crippen LogP contribution is -2.25. The third-order valence-electron chi connectivity index (χ3n) is 3.99. The fourth-order valence-corrected chi connectivity index (χ4v) is 2.57. The smallest absolute Gasteiger partial charge is 0.411 e. The highest BCUT2D eigenvalue weighted by molar-refractivity contribution is 6.03. The minimum atomic E-state index is -0.688. The molecule has 0 heterocycles. The van der Waals surface area contributed by atoms with Crippen molar-refractivity contribution in [2.75, 3.05) is 5.32 Å². The van der Waals surface area contributed by atoms with Crippen LogP contribution in [0.1, 0.15) is 21.5 Å². The minimum Gasteiger partial charge on any atom is -0.508 e. The number of anilines is 1. The SMILES string of the molecule is O=C(Nc1ccc(O)cc1C(=O)NCc1ccccc1)OCc1ccccc1. The van der Waals surface area contributed by atoms with Crippen LogP contribution in [-0.2, 0) is 17.9 Å². The van der Waals surface area contributed by atoms with Gasteiger partial charge in [-0.05, 0) is 29.3 Å². The van der Waals surface area contributed by atoms with Gasteiger partial charge >= 0.3 is 6.09 Å². The van der Waals surface area contributed by atoms with Crippen molar-refractivity contribution in [2.24, 2.45) is 0 Å². The minimum absolute atomic E-state index is 0.0759. The maximum atomic E-state index is 12.5. The van der Waals surface area contributed by atoms with Gasteiger partial charge in [-0.25, -0.2) is 4.79 Å². The number of carbonyl (C=O) groups is 2. The maximum Gasteiger partial charge on any atom is 0.411 e. The molecule has 0 aliphatic rings. The van der Waals surface area contributed by atoms with Gasteiger partial charge in [0.25, 0.3) is 5.91 Å². The van der Waals surface area contributed by atoms with E-state index in [4.69, 9.17) is 4.74 Å². The summed E-state index contributed by atoms with van der Waals surface area (Å²) < 4.78 is 5.18. The molecule has 2 amide bonds. The van der Waals surface area contributed by atoms with Gasteiger partial charge in [-0.3, -0.25) is 10.1 Å². The van der Waals surface area contributed by atoms with E-state index in [-0.39, 0.29) is 23.6 Å². The molecule has 3 N–H and O–H groups in total. The van der Waals surface area contributed by atoms with Crippen LogP contribution < -0.4 is 10.6 Å². The molecule has 28 heavy (non-hydrogen) atoms. The van der Waals surface area contributed by atoms with Crippen LogP contribution >= 0.6 is 0 Å². The summed E-state index contributed by atoms with van der Waals surface area (Å²) in [5, 5.41) is 15.1. The van der Waals surface area contributed by atoms with Crippen molar-refractivity contribution in [1.82, 2.24) is 5.32 Å². The molecule has 6 heteroatoms. The summed E-state index contributed by atoms with van der Waals surface area (Å²) in [6, 6.07) is 22.8. The first-order valence-electron chi connectivity index (χ1n) is 8.74. The van der Waals surface area contributed by atoms with Gasteiger partial charge in [0.15, 0.2) is 0 Å². The molecule has 0 fully saturated rings. The number of aromatic hydroxyl groups is 1. The Kier molecular flexibility index (Phi) is 6.25. The average Bonchev–Trinajstić information content (AvgIpc) is 2.73. The topological polar surface area (TPSA) is 87.7 Å². The van der Waals surface area contributed by atoms with Crippen LogP contribution in [0.25, 0.3) is 0 Å². The molecule has 0 spiro atoms. The normalized spacial score (nSPS) is 10.1. The van der Waals surface area contributed by atoms with Crippen LogP contribution in [0.3, 0.4) is 0 Å². The van der Waals surface area contributed by atoms with Gasteiger partial charge in [0, 0.05) is 6.54 Å². The third-order valence-corrected chi connectivity index (χ3v) is 3.99. The van der Waals surface area contributed by atoms with Crippen molar-refractivity contribution in [3.63, 3.8) is 0 Å². The Morgan fingerprint density at radius 1 is 0.857 bits per heavy atom. The molecule has 0 aromatic heterocycles. The Morgan fingerprint density at radius 2 is 1.50 bits per heavy atom. The number of hydrogen-bond donors (Lipinski definition) is 3. The van der Waals surface area contributed by atoms with Gasteiger partial charge in [-0.1, -0.05) is 60.7 Å². The van der Waals surface area contributed by atoms with E-state index < -0.39 is 12.0 Å². The second-order valence-electron chi connectivity index (χ2n) is 6.08. The maximum absolute atomic E-state index is 12.5. The zero-order chi connectivity index (χ0) is 19.8. The zero-order valence-corrected chi connectivity index (χ0v) is 15.1. The lowest BCUT2D eigenvalue weighted by molar-refractivity contribution is 0.0951. The molecule has 142 valence electrons. The molecule has 0 radical (unpaired) electrons. The second kappa shape index (κ2) is 9.23. The van der Waals surface area contributed by atoms with E-state index in [0.717, 1.165) is 11.1 Å². The van der Waals surface area contributed by atoms with Crippen LogP contribution in [-0.4, -0.2) is 17.1 Å². The number of amides is 2. The van der Waals surface area contributed by atoms with Gasteiger partial charge < -0.3 is 15.2 Å². The van der Waals surface area contributed by atoms with E-state index in [0.29, 0.717) is 6.54 Å². The van der Waals surface area contributed by atoms with Crippen LogP contribution in [0, 0.1) is 0 Å². The van der Waals surface area contributed by atoms with E-state index >= 15 is 0 Å². The summed E-state index contributed by atoms with van der Waals surface area (Å²) >= 11 is 0. The van der Waals surface area contributed by atoms with Crippen molar-refractivity contribution < 1.29 is 19.4 Å². The van der Waals surface area contributed by atoms with Crippen LogP contribution in [0.2, 0.25) is 0 Å². The van der Waals surface area contributed by atoms with Gasteiger partial charge in [0.05, 0.1) is 11.3 Å². The first kappa shape index (κ1) is 19.0. The number of hydrogen-bond acceptors (Lipinski definition) is 4. The van der Waals surface area contributed by atoms with Gasteiger partial charge in [0.1, 0.15) is 12.4 Å². The van der Waals surface area contributed by atoms with Crippen molar-refractivity contribution in [3.8, 4) is 5.75 Å². The fraction of sp³-hybridized carbons (Fsp3) is 0.0909. The number of phenolic OH excluding ortho intramolecular Hbond substituents is 1. The lowest BCUT2D eigenvalue weighted by Gasteiger charge is -2.12. The highest BCUT2D eigenvalue weighted by Crippen LogP contribution is 2.22. The van der Waals surface area contributed by atoms with E-state index in [1.165, 1.54) is 18.2 Å². The number of ether oxygens (including phenoxy) is 1. The molecule has 0 aliphatic heterocycles. The van der Waals surface area contributed by atoms with E-state index in [9.17, 15) is 14.7 Å². The number of phenols is 1. The van der Waals surface area contributed by atoms with Crippen molar-refractivity contribution in [1.29, 1.82) is 0 Å². The van der Waals surface area contributed by atoms with Crippen LogP contribution in [0.15, 0.2) is 78.9 Å². The molecule has 0 aliphatic carbocycles. The van der Waals surface area contributed by atoms with Crippen molar-refractivity contribution >= 4 is 17.7 Å². The van der Waals surface area contributed by atoms with Gasteiger partial charge in [0.2, 0.25) is 0 Å².